The zero-order valence-electron chi connectivity index (χ0n) is 13.6. The molecule has 0 unspecified atom stereocenters. The minimum absolute atomic E-state index is 0.0609. The molecule has 0 aromatic heterocycles. The molecule has 0 radical (unpaired) electrons. The fourth-order valence-electron chi connectivity index (χ4n) is 2.83. The summed E-state index contributed by atoms with van der Waals surface area (Å²) in [6.07, 6.45) is 0.335. The molecule has 24 heavy (non-hydrogen) atoms. The van der Waals surface area contributed by atoms with Crippen molar-refractivity contribution in [3.8, 4) is 0 Å². The molecule has 124 valence electrons. The maximum atomic E-state index is 12.3. The van der Waals surface area contributed by atoms with Crippen molar-refractivity contribution >= 4 is 17.5 Å². The topological polar surface area (TPSA) is 58.6 Å². The van der Waals surface area contributed by atoms with Gasteiger partial charge in [0, 0.05) is 24.9 Å². The number of fused-ring (bicyclic) bond motifs is 1. The largest absolute Gasteiger partial charge is 0.383 e. The Hall–Kier alpha value is -2.66. The summed E-state index contributed by atoms with van der Waals surface area (Å²) in [5, 5.41) is 2.79. The fourth-order valence-corrected chi connectivity index (χ4v) is 2.83. The Morgan fingerprint density at radius 2 is 2.00 bits per heavy atom. The van der Waals surface area contributed by atoms with E-state index >= 15 is 0 Å². The normalized spacial score (nSPS) is 13.0. The summed E-state index contributed by atoms with van der Waals surface area (Å²) < 4.78 is 4.92. The molecule has 1 heterocycles. The Kier molecular flexibility index (Phi) is 4.91. The molecule has 5 heteroatoms. The van der Waals surface area contributed by atoms with Crippen molar-refractivity contribution in [2.24, 2.45) is 0 Å². The molecule has 2 aromatic carbocycles. The lowest BCUT2D eigenvalue weighted by Gasteiger charge is -2.17. The molecule has 2 amide bonds. The Bertz CT molecular complexity index is 744. The molecule has 1 aliphatic rings. The summed E-state index contributed by atoms with van der Waals surface area (Å²) >= 11 is 0. The second-order valence-electron chi connectivity index (χ2n) is 5.73. The van der Waals surface area contributed by atoms with Gasteiger partial charge in [0.15, 0.2) is 0 Å². The Morgan fingerprint density at radius 1 is 1.21 bits per heavy atom. The number of hydrogen-bond acceptors (Lipinski definition) is 3. The summed E-state index contributed by atoms with van der Waals surface area (Å²) in [6.45, 7) is 1.48. The van der Waals surface area contributed by atoms with Crippen molar-refractivity contribution in [3.63, 3.8) is 0 Å². The molecule has 3 rings (SSSR count). The van der Waals surface area contributed by atoms with Crippen molar-refractivity contribution < 1.29 is 14.3 Å². The van der Waals surface area contributed by atoms with Gasteiger partial charge < -0.3 is 15.0 Å². The number of rotatable bonds is 6. The number of carbonyl (C=O) groups is 2. The van der Waals surface area contributed by atoms with Crippen LogP contribution in [0.15, 0.2) is 48.5 Å². The highest BCUT2D eigenvalue weighted by Crippen LogP contribution is 2.31. The molecular weight excluding hydrogens is 304 g/mol. The maximum absolute atomic E-state index is 12.3. The Balaban J connectivity index is 1.76. The van der Waals surface area contributed by atoms with Gasteiger partial charge in [-0.3, -0.25) is 9.59 Å². The predicted octanol–water partition coefficient (Wildman–Crippen LogP) is 2.15. The van der Waals surface area contributed by atoms with E-state index in [2.05, 4.69) is 5.32 Å². The number of amides is 2. The molecule has 0 spiro atoms. The van der Waals surface area contributed by atoms with Crippen LogP contribution in [0.2, 0.25) is 0 Å². The molecule has 1 N–H and O–H groups in total. The smallest absolute Gasteiger partial charge is 0.251 e. The Morgan fingerprint density at radius 3 is 2.75 bits per heavy atom. The lowest BCUT2D eigenvalue weighted by molar-refractivity contribution is -0.117. The third kappa shape index (κ3) is 3.46. The number of nitrogens with one attached hydrogen (secondary N) is 1. The summed E-state index contributed by atoms with van der Waals surface area (Å²) in [7, 11) is 1.59. The van der Waals surface area contributed by atoms with Crippen LogP contribution >= 0.6 is 0 Å². The van der Waals surface area contributed by atoms with Crippen molar-refractivity contribution in [2.75, 3.05) is 25.2 Å². The first kappa shape index (κ1) is 16.2. The first-order valence-electron chi connectivity index (χ1n) is 7.93. The van der Waals surface area contributed by atoms with E-state index in [9.17, 15) is 9.59 Å². The van der Waals surface area contributed by atoms with Crippen LogP contribution in [-0.4, -0.2) is 32.1 Å². The zero-order chi connectivity index (χ0) is 16.9. The molecule has 2 aromatic rings. The van der Waals surface area contributed by atoms with E-state index in [0.29, 0.717) is 31.7 Å². The molecule has 0 saturated carbocycles. The molecule has 0 bridgehead atoms. The van der Waals surface area contributed by atoms with Crippen LogP contribution in [0.3, 0.4) is 0 Å². The maximum Gasteiger partial charge on any atom is 0.251 e. The number of ether oxygens (including phenoxy) is 1. The summed E-state index contributed by atoms with van der Waals surface area (Å²) in [6, 6.07) is 15.3. The number of carbonyl (C=O) groups excluding carboxylic acids is 2. The van der Waals surface area contributed by atoms with Gasteiger partial charge in [0.05, 0.1) is 19.6 Å². The van der Waals surface area contributed by atoms with Crippen LogP contribution in [0.5, 0.6) is 0 Å². The van der Waals surface area contributed by atoms with E-state index in [1.54, 1.807) is 24.1 Å². The van der Waals surface area contributed by atoms with Gasteiger partial charge >= 0.3 is 0 Å². The van der Waals surface area contributed by atoms with Gasteiger partial charge in [-0.15, -0.1) is 0 Å². The van der Waals surface area contributed by atoms with E-state index in [1.165, 1.54) is 0 Å². The second kappa shape index (κ2) is 7.27. The van der Waals surface area contributed by atoms with E-state index in [-0.39, 0.29) is 11.8 Å². The zero-order valence-corrected chi connectivity index (χ0v) is 13.6. The van der Waals surface area contributed by atoms with Gasteiger partial charge in [-0.05, 0) is 29.3 Å². The number of methoxy groups -OCH3 is 1. The molecule has 1 aliphatic heterocycles. The van der Waals surface area contributed by atoms with Gasteiger partial charge in [-0.1, -0.05) is 30.3 Å². The number of hydrogen-bond donors (Lipinski definition) is 1. The minimum Gasteiger partial charge on any atom is -0.383 e. The average Bonchev–Trinajstić information content (AvgIpc) is 2.91. The monoisotopic (exact) mass is 324 g/mol. The molecule has 0 fully saturated rings. The van der Waals surface area contributed by atoms with Gasteiger partial charge in [0.25, 0.3) is 5.91 Å². The standard InChI is InChI=1S/C19H20N2O3/c1-24-10-9-20-19(23)15-7-8-17-16(11-15)12-18(22)21(17)13-14-5-3-2-4-6-14/h2-8,11H,9-10,12-13H2,1H3,(H,20,23). The summed E-state index contributed by atoms with van der Waals surface area (Å²) in [5.74, 6) is -0.0883. The van der Waals surface area contributed by atoms with Crippen molar-refractivity contribution in [1.29, 1.82) is 0 Å². The van der Waals surface area contributed by atoms with Gasteiger partial charge in [0.1, 0.15) is 0 Å². The minimum atomic E-state index is -0.149. The molecule has 0 atom stereocenters. The molecular formula is C19H20N2O3. The summed E-state index contributed by atoms with van der Waals surface area (Å²) in [4.78, 5) is 26.2. The van der Waals surface area contributed by atoms with E-state index in [4.69, 9.17) is 4.74 Å². The van der Waals surface area contributed by atoms with Crippen molar-refractivity contribution in [3.05, 3.63) is 65.2 Å². The lowest BCUT2D eigenvalue weighted by atomic mass is 10.1. The first-order valence-corrected chi connectivity index (χ1v) is 7.93. The first-order chi connectivity index (χ1) is 11.7. The predicted molar refractivity (Wildman–Crippen MR) is 92.0 cm³/mol. The highest BCUT2D eigenvalue weighted by molar-refractivity contribution is 6.03. The van der Waals surface area contributed by atoms with Crippen LogP contribution in [-0.2, 0) is 22.5 Å². The van der Waals surface area contributed by atoms with E-state index < -0.39 is 0 Å². The van der Waals surface area contributed by atoms with Crippen LogP contribution in [0.1, 0.15) is 21.5 Å². The third-order valence-corrected chi connectivity index (χ3v) is 4.05. The highest BCUT2D eigenvalue weighted by Gasteiger charge is 2.27. The van der Waals surface area contributed by atoms with Gasteiger partial charge in [0.2, 0.25) is 5.91 Å². The van der Waals surface area contributed by atoms with Crippen LogP contribution in [0.4, 0.5) is 5.69 Å². The fraction of sp³-hybridized carbons (Fsp3) is 0.263. The van der Waals surface area contributed by atoms with Crippen LogP contribution < -0.4 is 10.2 Å². The number of nitrogens with zero attached hydrogens (tertiary/aromatic N) is 1. The number of anilines is 1. The lowest BCUT2D eigenvalue weighted by Crippen LogP contribution is -2.27. The second-order valence-corrected chi connectivity index (χ2v) is 5.73. The third-order valence-electron chi connectivity index (χ3n) is 4.05. The van der Waals surface area contributed by atoms with Crippen LogP contribution in [0.25, 0.3) is 0 Å². The summed E-state index contributed by atoms with van der Waals surface area (Å²) in [5.41, 5.74) is 3.44. The van der Waals surface area contributed by atoms with E-state index in [0.717, 1.165) is 16.8 Å². The van der Waals surface area contributed by atoms with Crippen molar-refractivity contribution in [1.82, 2.24) is 5.32 Å². The quantitative estimate of drug-likeness (QED) is 0.828. The molecule has 5 nitrogen and oxygen atoms in total. The van der Waals surface area contributed by atoms with Crippen LogP contribution in [0, 0.1) is 0 Å². The van der Waals surface area contributed by atoms with Crippen molar-refractivity contribution in [2.45, 2.75) is 13.0 Å². The number of benzene rings is 2. The highest BCUT2D eigenvalue weighted by atomic mass is 16.5. The average molecular weight is 324 g/mol. The SMILES string of the molecule is COCCNC(=O)c1ccc2c(c1)CC(=O)N2Cc1ccccc1. The van der Waals surface area contributed by atoms with E-state index in [1.807, 2.05) is 36.4 Å². The molecule has 0 aliphatic carbocycles. The van der Waals surface area contributed by atoms with Gasteiger partial charge in [-0.2, -0.15) is 0 Å². The Labute approximate surface area is 141 Å². The van der Waals surface area contributed by atoms with Gasteiger partial charge in [-0.25, -0.2) is 0 Å². The molecule has 0 saturated heterocycles.